The number of hydrogen-bond acceptors (Lipinski definition) is 3. The van der Waals surface area contributed by atoms with Gasteiger partial charge in [-0.3, -0.25) is 4.98 Å². The van der Waals surface area contributed by atoms with Crippen molar-refractivity contribution in [1.29, 1.82) is 0 Å². The first-order valence-corrected chi connectivity index (χ1v) is 5.83. The molecule has 3 nitrogen and oxygen atoms in total. The summed E-state index contributed by atoms with van der Waals surface area (Å²) in [6.07, 6.45) is 3.26. The number of hydrogen-bond donors (Lipinski definition) is 1. The first-order valence-electron chi connectivity index (χ1n) is 5.83. The quantitative estimate of drug-likeness (QED) is 0.908. The molecule has 0 aliphatic heterocycles. The molecule has 1 aliphatic carbocycles. The Morgan fingerprint density at radius 2 is 2.06 bits per heavy atom. The van der Waals surface area contributed by atoms with E-state index in [-0.39, 0.29) is 13.0 Å². The van der Waals surface area contributed by atoms with E-state index in [1.165, 1.54) is 0 Å². The molecule has 1 atom stereocenters. The van der Waals surface area contributed by atoms with E-state index in [9.17, 15) is 8.78 Å². The van der Waals surface area contributed by atoms with Gasteiger partial charge in [-0.25, -0.2) is 13.8 Å². The van der Waals surface area contributed by atoms with Crippen LogP contribution in [0, 0.1) is 5.41 Å². The number of nitrogens with zero attached hydrogens (tertiary/aromatic N) is 2. The van der Waals surface area contributed by atoms with E-state index >= 15 is 0 Å². The van der Waals surface area contributed by atoms with Gasteiger partial charge in [-0.05, 0) is 12.1 Å². The van der Waals surface area contributed by atoms with Crippen LogP contribution in [-0.2, 0) is 0 Å². The van der Waals surface area contributed by atoms with Crippen LogP contribution in [0.25, 0.3) is 10.9 Å². The summed E-state index contributed by atoms with van der Waals surface area (Å²) in [5, 5.41) is 3.94. The predicted octanol–water partition coefficient (Wildman–Crippen LogP) is 3.09. The summed E-state index contributed by atoms with van der Waals surface area (Å²) in [5.41, 5.74) is -0.237. The van der Waals surface area contributed by atoms with Crippen LogP contribution in [0.1, 0.15) is 13.3 Å². The number of aromatic nitrogens is 2. The maximum absolute atomic E-state index is 13.1. The number of alkyl halides is 2. The minimum absolute atomic E-state index is 0.0643. The molecule has 2 aromatic heterocycles. The second-order valence-corrected chi connectivity index (χ2v) is 5.03. The fourth-order valence-electron chi connectivity index (χ4n) is 2.05. The van der Waals surface area contributed by atoms with Crippen LogP contribution in [0.3, 0.4) is 0 Å². The van der Waals surface area contributed by atoms with Gasteiger partial charge in [0.2, 0.25) is 0 Å². The number of nitrogens with one attached hydrogen (secondary N) is 1. The van der Waals surface area contributed by atoms with Crippen molar-refractivity contribution in [3.05, 3.63) is 30.6 Å². The van der Waals surface area contributed by atoms with Gasteiger partial charge in [0.05, 0.1) is 5.41 Å². The van der Waals surface area contributed by atoms with Crippen molar-refractivity contribution < 1.29 is 8.78 Å². The number of rotatable bonds is 3. The summed E-state index contributed by atoms with van der Waals surface area (Å²) in [5.74, 6) is -1.99. The third-order valence-electron chi connectivity index (χ3n) is 3.54. The molecular weight excluding hydrogens is 236 g/mol. The Labute approximate surface area is 103 Å². The molecule has 0 saturated heterocycles. The lowest BCUT2D eigenvalue weighted by molar-refractivity contribution is 0.0742. The summed E-state index contributed by atoms with van der Waals surface area (Å²) >= 11 is 0. The Hall–Kier alpha value is -1.78. The van der Waals surface area contributed by atoms with Gasteiger partial charge in [0.1, 0.15) is 5.52 Å². The van der Waals surface area contributed by atoms with Crippen molar-refractivity contribution in [2.45, 2.75) is 19.3 Å². The van der Waals surface area contributed by atoms with Gasteiger partial charge in [-0.2, -0.15) is 0 Å². The van der Waals surface area contributed by atoms with Crippen LogP contribution in [0.5, 0.6) is 0 Å². The molecule has 2 aromatic rings. The van der Waals surface area contributed by atoms with Crippen LogP contribution >= 0.6 is 0 Å². The zero-order valence-corrected chi connectivity index (χ0v) is 9.95. The van der Waals surface area contributed by atoms with Gasteiger partial charge < -0.3 is 5.32 Å². The minimum Gasteiger partial charge on any atom is -0.367 e. The number of anilines is 1. The lowest BCUT2D eigenvalue weighted by Crippen LogP contribution is -2.19. The third kappa shape index (κ3) is 1.70. The Morgan fingerprint density at radius 1 is 1.28 bits per heavy atom. The van der Waals surface area contributed by atoms with Gasteiger partial charge >= 0.3 is 0 Å². The molecular formula is C13H13F2N3. The molecule has 0 bridgehead atoms. The van der Waals surface area contributed by atoms with E-state index in [2.05, 4.69) is 15.3 Å². The Morgan fingerprint density at radius 3 is 2.78 bits per heavy atom. The summed E-state index contributed by atoms with van der Waals surface area (Å²) in [6, 6.07) is 5.60. The number of pyridine rings is 2. The van der Waals surface area contributed by atoms with Gasteiger partial charge in [-0.1, -0.05) is 13.0 Å². The molecule has 0 spiro atoms. The lowest BCUT2D eigenvalue weighted by Gasteiger charge is -2.12. The van der Waals surface area contributed by atoms with E-state index in [1.807, 2.05) is 18.2 Å². The highest BCUT2D eigenvalue weighted by Crippen LogP contribution is 2.59. The maximum Gasteiger partial charge on any atom is 0.256 e. The molecule has 0 amide bonds. The second-order valence-electron chi connectivity index (χ2n) is 5.03. The van der Waals surface area contributed by atoms with Crippen molar-refractivity contribution in [3.8, 4) is 0 Å². The normalized spacial score (nSPS) is 25.1. The molecule has 18 heavy (non-hydrogen) atoms. The summed E-state index contributed by atoms with van der Waals surface area (Å²) in [6.45, 7) is 1.79. The predicted molar refractivity (Wildman–Crippen MR) is 65.7 cm³/mol. The average Bonchev–Trinajstić information content (AvgIpc) is 2.86. The van der Waals surface area contributed by atoms with E-state index in [0.717, 1.165) is 5.39 Å². The molecule has 0 radical (unpaired) electrons. The average molecular weight is 249 g/mol. The first-order chi connectivity index (χ1) is 8.52. The SMILES string of the molecule is CC1(CNc2nccc3cccnc23)CC1(F)F. The Bertz CT molecular complexity index is 594. The lowest BCUT2D eigenvalue weighted by atomic mass is 10.1. The van der Waals surface area contributed by atoms with Crippen LogP contribution in [0.4, 0.5) is 14.6 Å². The monoisotopic (exact) mass is 249 g/mol. The van der Waals surface area contributed by atoms with Crippen LogP contribution in [-0.4, -0.2) is 22.4 Å². The van der Waals surface area contributed by atoms with E-state index in [1.54, 1.807) is 19.3 Å². The Balaban J connectivity index is 1.84. The highest BCUT2D eigenvalue weighted by Gasteiger charge is 2.67. The second kappa shape index (κ2) is 3.60. The molecule has 1 unspecified atom stereocenters. The summed E-state index contributed by atoms with van der Waals surface area (Å²) < 4.78 is 26.2. The van der Waals surface area contributed by atoms with Crippen molar-refractivity contribution >= 4 is 16.7 Å². The largest absolute Gasteiger partial charge is 0.367 e. The van der Waals surface area contributed by atoms with Crippen molar-refractivity contribution in [3.63, 3.8) is 0 Å². The summed E-state index contributed by atoms with van der Waals surface area (Å²) in [7, 11) is 0. The number of fused-ring (bicyclic) bond motifs is 1. The molecule has 5 heteroatoms. The van der Waals surface area contributed by atoms with E-state index in [4.69, 9.17) is 0 Å². The molecule has 2 heterocycles. The first kappa shape index (κ1) is 11.3. The molecule has 1 aliphatic rings. The van der Waals surface area contributed by atoms with Crippen LogP contribution in [0.2, 0.25) is 0 Å². The van der Waals surface area contributed by atoms with Crippen LogP contribution < -0.4 is 5.32 Å². The summed E-state index contributed by atoms with van der Waals surface area (Å²) in [4.78, 5) is 8.39. The van der Waals surface area contributed by atoms with Gasteiger partial charge in [-0.15, -0.1) is 0 Å². The van der Waals surface area contributed by atoms with E-state index < -0.39 is 11.3 Å². The van der Waals surface area contributed by atoms with E-state index in [0.29, 0.717) is 11.3 Å². The minimum atomic E-state index is -2.56. The molecule has 1 fully saturated rings. The molecule has 3 rings (SSSR count). The van der Waals surface area contributed by atoms with Crippen LogP contribution in [0.15, 0.2) is 30.6 Å². The van der Waals surface area contributed by atoms with Crippen molar-refractivity contribution in [1.82, 2.24) is 9.97 Å². The zero-order valence-electron chi connectivity index (χ0n) is 9.95. The molecule has 1 N–H and O–H groups in total. The number of halogens is 2. The maximum atomic E-state index is 13.1. The van der Waals surface area contributed by atoms with Crippen molar-refractivity contribution in [2.24, 2.45) is 5.41 Å². The van der Waals surface area contributed by atoms with Gasteiger partial charge in [0.15, 0.2) is 5.82 Å². The zero-order chi connectivity index (χ0) is 12.8. The highest BCUT2D eigenvalue weighted by atomic mass is 19.3. The standard InChI is InChI=1S/C13H13F2N3/c1-12(7-13(12,14)15)8-18-11-10-9(4-6-17-11)3-2-5-16-10/h2-6H,7-8H2,1H3,(H,17,18). The Kier molecular flexibility index (Phi) is 2.27. The fourth-order valence-corrected chi connectivity index (χ4v) is 2.05. The third-order valence-corrected chi connectivity index (χ3v) is 3.54. The molecule has 1 saturated carbocycles. The van der Waals surface area contributed by atoms with Gasteiger partial charge in [0.25, 0.3) is 5.92 Å². The molecule has 94 valence electrons. The highest BCUT2D eigenvalue weighted by molar-refractivity contribution is 5.87. The topological polar surface area (TPSA) is 37.8 Å². The molecule has 0 aromatic carbocycles. The fraction of sp³-hybridized carbons (Fsp3) is 0.385. The van der Waals surface area contributed by atoms with Crippen molar-refractivity contribution in [2.75, 3.05) is 11.9 Å². The van der Waals surface area contributed by atoms with Gasteiger partial charge in [0, 0.05) is 30.7 Å². The smallest absolute Gasteiger partial charge is 0.256 e.